The molecule has 1 N–H and O–H groups in total. The maximum absolute atomic E-state index is 14.1. The van der Waals surface area contributed by atoms with Crippen molar-refractivity contribution in [2.45, 2.75) is 44.1 Å². The lowest BCUT2D eigenvalue weighted by molar-refractivity contribution is -0.147. The quantitative estimate of drug-likeness (QED) is 0.353. The zero-order chi connectivity index (χ0) is 27.3. The van der Waals surface area contributed by atoms with Crippen LogP contribution in [0.25, 0.3) is 0 Å². The van der Waals surface area contributed by atoms with Crippen molar-refractivity contribution < 1.29 is 23.9 Å². The number of esters is 1. The molecule has 3 aromatic rings. The standard InChI is InChI=1S/C32H30N2O5/c1-3-4-13-24(29(35)33-19-16-14-18(15-17-19)32(38)39-2)34-30(36)27-25-20-9-5-6-10-21(20)26(28(27)31(34)37)23-12-8-7-11-22(23)25/h5-12,14-17,24-28H,3-4,13H2,1-2H3,(H,33,35)/t24-,25?,26?,27-,28+/m0/s1. The third-order valence-corrected chi connectivity index (χ3v) is 8.50. The summed E-state index contributed by atoms with van der Waals surface area (Å²) in [5, 5.41) is 2.87. The van der Waals surface area contributed by atoms with Gasteiger partial charge in [0.25, 0.3) is 0 Å². The summed E-state index contributed by atoms with van der Waals surface area (Å²) < 4.78 is 4.74. The fraction of sp³-hybridized carbons (Fsp3) is 0.312. The second kappa shape index (κ2) is 9.80. The van der Waals surface area contributed by atoms with Gasteiger partial charge in [-0.1, -0.05) is 68.3 Å². The fourth-order valence-corrected chi connectivity index (χ4v) is 6.82. The van der Waals surface area contributed by atoms with Crippen molar-refractivity contribution in [3.8, 4) is 0 Å². The lowest BCUT2D eigenvalue weighted by Gasteiger charge is -2.45. The number of ether oxygens (including phenoxy) is 1. The smallest absolute Gasteiger partial charge is 0.337 e. The van der Waals surface area contributed by atoms with Crippen molar-refractivity contribution in [3.05, 3.63) is 101 Å². The van der Waals surface area contributed by atoms with E-state index in [0.717, 1.165) is 28.7 Å². The molecule has 7 nitrogen and oxygen atoms in total. The molecule has 2 bridgehead atoms. The van der Waals surface area contributed by atoms with Crippen LogP contribution >= 0.6 is 0 Å². The second-order valence-electron chi connectivity index (χ2n) is 10.5. The van der Waals surface area contributed by atoms with Gasteiger partial charge in [-0.2, -0.15) is 0 Å². The van der Waals surface area contributed by atoms with E-state index < -0.39 is 29.8 Å². The van der Waals surface area contributed by atoms with Gasteiger partial charge in [-0.05, 0) is 52.9 Å². The van der Waals surface area contributed by atoms with E-state index in [-0.39, 0.29) is 23.7 Å². The molecule has 3 aromatic carbocycles. The number of carbonyl (C=O) groups excluding carboxylic acids is 4. The van der Waals surface area contributed by atoms with Crippen molar-refractivity contribution in [1.82, 2.24) is 4.90 Å². The third kappa shape index (κ3) is 3.87. The summed E-state index contributed by atoms with van der Waals surface area (Å²) >= 11 is 0. The molecule has 7 rings (SSSR count). The Balaban J connectivity index is 1.34. The van der Waals surface area contributed by atoms with Crippen LogP contribution in [0, 0.1) is 11.8 Å². The molecular weight excluding hydrogens is 492 g/mol. The van der Waals surface area contributed by atoms with Gasteiger partial charge in [-0.3, -0.25) is 19.3 Å². The fourth-order valence-electron chi connectivity index (χ4n) is 6.82. The van der Waals surface area contributed by atoms with E-state index in [1.54, 1.807) is 24.3 Å². The normalized spacial score (nSPS) is 23.1. The molecule has 1 saturated heterocycles. The highest BCUT2D eigenvalue weighted by atomic mass is 16.5. The molecule has 0 unspecified atom stereocenters. The topological polar surface area (TPSA) is 92.8 Å². The number of likely N-dealkylation sites (tertiary alicyclic amines) is 1. The number of nitrogens with one attached hydrogen (secondary N) is 1. The number of nitrogens with zero attached hydrogens (tertiary/aromatic N) is 1. The van der Waals surface area contributed by atoms with Crippen molar-refractivity contribution in [1.29, 1.82) is 0 Å². The van der Waals surface area contributed by atoms with E-state index in [1.807, 2.05) is 31.2 Å². The van der Waals surface area contributed by atoms with Crippen LogP contribution in [0.1, 0.15) is 70.6 Å². The second-order valence-corrected chi connectivity index (χ2v) is 10.5. The molecule has 1 aliphatic heterocycles. The van der Waals surface area contributed by atoms with Gasteiger partial charge in [0.05, 0.1) is 24.5 Å². The van der Waals surface area contributed by atoms with E-state index in [4.69, 9.17) is 4.74 Å². The lowest BCUT2D eigenvalue weighted by atomic mass is 9.55. The van der Waals surface area contributed by atoms with Gasteiger partial charge in [0, 0.05) is 17.5 Å². The van der Waals surface area contributed by atoms with E-state index in [2.05, 4.69) is 29.6 Å². The molecular formula is C32H30N2O5. The maximum atomic E-state index is 14.1. The Labute approximate surface area is 227 Å². The molecule has 39 heavy (non-hydrogen) atoms. The van der Waals surface area contributed by atoms with Crippen LogP contribution in [-0.2, 0) is 19.1 Å². The number of anilines is 1. The molecule has 0 radical (unpaired) electrons. The molecule has 3 aliphatic carbocycles. The van der Waals surface area contributed by atoms with E-state index in [9.17, 15) is 19.2 Å². The van der Waals surface area contributed by atoms with Crippen molar-refractivity contribution in [2.75, 3.05) is 12.4 Å². The Bertz CT molecular complexity index is 1360. The number of amides is 3. The maximum Gasteiger partial charge on any atom is 0.337 e. The Kier molecular flexibility index (Phi) is 6.29. The summed E-state index contributed by atoms with van der Waals surface area (Å²) in [7, 11) is 1.31. The average molecular weight is 523 g/mol. The minimum Gasteiger partial charge on any atom is -0.465 e. The van der Waals surface area contributed by atoms with E-state index >= 15 is 0 Å². The molecule has 4 aliphatic rings. The molecule has 0 aromatic heterocycles. The third-order valence-electron chi connectivity index (χ3n) is 8.50. The van der Waals surface area contributed by atoms with E-state index in [0.29, 0.717) is 24.1 Å². The minimum absolute atomic E-state index is 0.213. The highest BCUT2D eigenvalue weighted by molar-refractivity contribution is 6.11. The number of hydrogen-bond acceptors (Lipinski definition) is 5. The molecule has 1 fully saturated rings. The van der Waals surface area contributed by atoms with Crippen LogP contribution in [0.2, 0.25) is 0 Å². The van der Waals surface area contributed by atoms with Gasteiger partial charge in [0.1, 0.15) is 6.04 Å². The monoisotopic (exact) mass is 522 g/mol. The number of unbranched alkanes of at least 4 members (excludes halogenated alkanes) is 1. The summed E-state index contributed by atoms with van der Waals surface area (Å²) in [6, 6.07) is 21.7. The van der Waals surface area contributed by atoms with Crippen molar-refractivity contribution >= 4 is 29.4 Å². The van der Waals surface area contributed by atoms with Crippen molar-refractivity contribution in [2.24, 2.45) is 11.8 Å². The Morgan fingerprint density at radius 1 is 0.821 bits per heavy atom. The first-order valence-corrected chi connectivity index (χ1v) is 13.5. The number of benzene rings is 3. The Morgan fingerprint density at radius 2 is 1.31 bits per heavy atom. The molecule has 3 atom stereocenters. The van der Waals surface area contributed by atoms with Gasteiger partial charge < -0.3 is 10.1 Å². The predicted molar refractivity (Wildman–Crippen MR) is 145 cm³/mol. The van der Waals surface area contributed by atoms with Gasteiger partial charge in [0.15, 0.2) is 0 Å². The summed E-state index contributed by atoms with van der Waals surface area (Å²) in [5.41, 5.74) is 5.25. The van der Waals surface area contributed by atoms with Gasteiger partial charge >= 0.3 is 5.97 Å². The van der Waals surface area contributed by atoms with Crippen LogP contribution in [-0.4, -0.2) is 41.7 Å². The molecule has 1 heterocycles. The molecule has 0 spiro atoms. The lowest BCUT2D eigenvalue weighted by Crippen LogP contribution is -2.48. The van der Waals surface area contributed by atoms with Gasteiger partial charge in [-0.25, -0.2) is 4.79 Å². The molecule has 198 valence electrons. The molecule has 7 heteroatoms. The van der Waals surface area contributed by atoms with Crippen LogP contribution in [0.5, 0.6) is 0 Å². The van der Waals surface area contributed by atoms with Gasteiger partial charge in [-0.15, -0.1) is 0 Å². The number of hydrogen-bond donors (Lipinski definition) is 1. The molecule has 0 saturated carbocycles. The predicted octanol–water partition coefficient (Wildman–Crippen LogP) is 4.86. The minimum atomic E-state index is -0.915. The summed E-state index contributed by atoms with van der Waals surface area (Å²) in [4.78, 5) is 55.0. The Morgan fingerprint density at radius 3 is 1.74 bits per heavy atom. The highest BCUT2D eigenvalue weighted by Crippen LogP contribution is 2.61. The summed E-state index contributed by atoms with van der Waals surface area (Å²) in [6.07, 6.45) is 1.90. The van der Waals surface area contributed by atoms with Crippen LogP contribution in [0.15, 0.2) is 72.8 Å². The first-order chi connectivity index (χ1) is 19.0. The van der Waals surface area contributed by atoms with E-state index in [1.165, 1.54) is 12.0 Å². The number of imide groups is 1. The number of rotatable bonds is 7. The van der Waals surface area contributed by atoms with Crippen LogP contribution < -0.4 is 5.32 Å². The number of methoxy groups -OCH3 is 1. The van der Waals surface area contributed by atoms with Crippen LogP contribution in [0.3, 0.4) is 0 Å². The van der Waals surface area contributed by atoms with Crippen molar-refractivity contribution in [3.63, 3.8) is 0 Å². The summed E-state index contributed by atoms with van der Waals surface area (Å²) in [6.45, 7) is 2.02. The number of carbonyl (C=O) groups is 4. The van der Waals surface area contributed by atoms with Crippen LogP contribution in [0.4, 0.5) is 5.69 Å². The Hall–Kier alpha value is -4.26. The SMILES string of the molecule is CCCC[C@@H](C(=O)Nc1ccc(C(=O)OC)cc1)N1C(=O)[C@@H]2C3c4ccccc4C(c4ccccc43)[C@@H]2C1=O. The van der Waals surface area contributed by atoms with Gasteiger partial charge in [0.2, 0.25) is 17.7 Å². The zero-order valence-corrected chi connectivity index (χ0v) is 21.9. The zero-order valence-electron chi connectivity index (χ0n) is 21.9. The summed E-state index contributed by atoms with van der Waals surface area (Å²) in [5.74, 6) is -2.88. The highest BCUT2D eigenvalue weighted by Gasteiger charge is 2.62. The largest absolute Gasteiger partial charge is 0.465 e. The molecule has 3 amide bonds. The first kappa shape index (κ1) is 25.0. The first-order valence-electron chi connectivity index (χ1n) is 13.5. The average Bonchev–Trinajstić information content (AvgIpc) is 3.23.